The summed E-state index contributed by atoms with van der Waals surface area (Å²) in [6.07, 6.45) is 0. The van der Waals surface area contributed by atoms with Crippen LogP contribution in [0.1, 0.15) is 33.4 Å². The van der Waals surface area contributed by atoms with E-state index < -0.39 is 47.4 Å². The van der Waals surface area contributed by atoms with E-state index in [1.807, 2.05) is 0 Å². The van der Waals surface area contributed by atoms with E-state index in [1.54, 1.807) is 33.1 Å². The van der Waals surface area contributed by atoms with Gasteiger partial charge in [-0.2, -0.15) is 0 Å². The SMILES string of the molecule is CCON=C(C(=O)NC1C(=O)N2C(C(=O)OCOC(=O)C(C)(C)C)=C(COC)CS[C@@H]12)c1csc(N)n1. The molecule has 15 heteroatoms. The summed E-state index contributed by atoms with van der Waals surface area (Å²) in [7, 11) is 1.46. The first-order chi connectivity index (χ1) is 17.5. The molecule has 0 aromatic carbocycles. The Labute approximate surface area is 221 Å². The van der Waals surface area contributed by atoms with Crippen LogP contribution < -0.4 is 11.1 Å². The summed E-state index contributed by atoms with van der Waals surface area (Å²) in [5.74, 6) is -2.23. The van der Waals surface area contributed by atoms with Gasteiger partial charge in [-0.1, -0.05) is 5.16 Å². The van der Waals surface area contributed by atoms with Gasteiger partial charge in [0.15, 0.2) is 10.8 Å². The Morgan fingerprint density at radius 2 is 2.03 bits per heavy atom. The topological polar surface area (TPSA) is 172 Å². The van der Waals surface area contributed by atoms with Crippen molar-refractivity contribution in [2.75, 3.05) is 38.6 Å². The van der Waals surface area contributed by atoms with E-state index in [9.17, 15) is 19.2 Å². The number of thioether (sulfide) groups is 1. The summed E-state index contributed by atoms with van der Waals surface area (Å²) in [6, 6.07) is -0.939. The number of hydrogen-bond donors (Lipinski definition) is 2. The zero-order chi connectivity index (χ0) is 27.3. The zero-order valence-corrected chi connectivity index (χ0v) is 22.7. The number of methoxy groups -OCH3 is 1. The Kier molecular flexibility index (Phi) is 9.15. The van der Waals surface area contributed by atoms with Crippen LogP contribution in [0.15, 0.2) is 21.8 Å². The third-order valence-corrected chi connectivity index (χ3v) is 7.12. The van der Waals surface area contributed by atoms with E-state index in [-0.39, 0.29) is 35.4 Å². The predicted octanol–water partition coefficient (Wildman–Crippen LogP) is 0.856. The highest BCUT2D eigenvalue weighted by Gasteiger charge is 2.54. The summed E-state index contributed by atoms with van der Waals surface area (Å²) < 4.78 is 15.3. The van der Waals surface area contributed by atoms with Crippen molar-refractivity contribution >= 4 is 57.7 Å². The van der Waals surface area contributed by atoms with E-state index in [1.165, 1.54) is 23.8 Å². The third kappa shape index (κ3) is 6.40. The summed E-state index contributed by atoms with van der Waals surface area (Å²) >= 11 is 2.48. The van der Waals surface area contributed by atoms with Crippen LogP contribution in [0, 0.1) is 5.41 Å². The van der Waals surface area contributed by atoms with Gasteiger partial charge in [0.1, 0.15) is 29.4 Å². The minimum Gasteiger partial charge on any atom is -0.427 e. The fourth-order valence-corrected chi connectivity index (χ4v) is 5.19. The summed E-state index contributed by atoms with van der Waals surface area (Å²) in [5.41, 5.74) is 5.53. The first kappa shape index (κ1) is 28.4. The number of thiazole rings is 1. The Bertz CT molecular complexity index is 1130. The Hall–Kier alpha value is -3.17. The van der Waals surface area contributed by atoms with Crippen LogP contribution in [0.25, 0.3) is 0 Å². The molecule has 3 heterocycles. The second-order valence-corrected chi connectivity index (χ2v) is 10.9. The molecule has 2 aliphatic heterocycles. The molecule has 2 amide bonds. The molecule has 13 nitrogen and oxygen atoms in total. The quantitative estimate of drug-likeness (QED) is 0.138. The van der Waals surface area contributed by atoms with Gasteiger partial charge >= 0.3 is 11.9 Å². The van der Waals surface area contributed by atoms with E-state index in [0.29, 0.717) is 11.3 Å². The van der Waals surface area contributed by atoms with Crippen molar-refractivity contribution < 1.29 is 38.2 Å². The normalized spacial score (nSPS) is 19.6. The number of nitrogen functional groups attached to an aromatic ring is 1. The summed E-state index contributed by atoms with van der Waals surface area (Å²) in [4.78, 5) is 61.3. The standard InChI is InChI=1S/C22H29N5O8S2/c1-6-35-26-13(12-9-37-21(23)24-12)16(28)25-14-17(29)27-15(11(7-32-5)8-36-18(14)27)19(30)33-10-34-20(31)22(2,3)4/h9,14,18H,6-8,10H2,1-5H3,(H2,23,24)(H,25,28)/t14?,18-/m0/s1. The number of carbonyl (C=O) groups is 4. The van der Waals surface area contributed by atoms with Crippen LogP contribution in [-0.4, -0.2) is 83.6 Å². The highest BCUT2D eigenvalue weighted by atomic mass is 32.2. The molecular weight excluding hydrogens is 526 g/mol. The monoisotopic (exact) mass is 555 g/mol. The van der Waals surface area contributed by atoms with Crippen LogP contribution in [0.4, 0.5) is 5.13 Å². The van der Waals surface area contributed by atoms with Crippen molar-refractivity contribution in [1.29, 1.82) is 0 Å². The predicted molar refractivity (Wildman–Crippen MR) is 135 cm³/mol. The second kappa shape index (κ2) is 11.9. The van der Waals surface area contributed by atoms with Gasteiger partial charge in [0.25, 0.3) is 11.8 Å². The molecule has 2 atom stereocenters. The number of carbonyl (C=O) groups excluding carboxylic acids is 4. The Balaban J connectivity index is 1.73. The average molecular weight is 556 g/mol. The van der Waals surface area contributed by atoms with E-state index >= 15 is 0 Å². The second-order valence-electron chi connectivity index (χ2n) is 8.91. The molecule has 3 N–H and O–H groups in total. The molecule has 0 bridgehead atoms. The molecule has 2 aliphatic rings. The number of oxime groups is 1. The molecular formula is C22H29N5O8S2. The molecule has 1 fully saturated rings. The number of amides is 2. The maximum absolute atomic E-state index is 13.1. The van der Waals surface area contributed by atoms with E-state index in [0.717, 1.165) is 11.3 Å². The lowest BCUT2D eigenvalue weighted by molar-refractivity contribution is -0.173. The van der Waals surface area contributed by atoms with Gasteiger partial charge in [-0.25, -0.2) is 9.78 Å². The Morgan fingerprint density at radius 1 is 1.30 bits per heavy atom. The molecule has 0 aliphatic carbocycles. The lowest BCUT2D eigenvalue weighted by Crippen LogP contribution is -2.71. The van der Waals surface area contributed by atoms with Crippen LogP contribution in [0.2, 0.25) is 0 Å². The van der Waals surface area contributed by atoms with Crippen molar-refractivity contribution in [3.63, 3.8) is 0 Å². The highest BCUT2D eigenvalue weighted by Crippen LogP contribution is 2.40. The van der Waals surface area contributed by atoms with Crippen molar-refractivity contribution in [3.8, 4) is 0 Å². The number of nitrogens with zero attached hydrogens (tertiary/aromatic N) is 3. The van der Waals surface area contributed by atoms with Gasteiger partial charge in [0.05, 0.1) is 12.0 Å². The number of nitrogens with one attached hydrogen (secondary N) is 1. The minimum absolute atomic E-state index is 0.00314. The smallest absolute Gasteiger partial charge is 0.358 e. The van der Waals surface area contributed by atoms with Crippen molar-refractivity contribution in [2.24, 2.45) is 10.6 Å². The van der Waals surface area contributed by atoms with Gasteiger partial charge in [-0.3, -0.25) is 19.3 Å². The van der Waals surface area contributed by atoms with Gasteiger partial charge in [0, 0.05) is 18.2 Å². The highest BCUT2D eigenvalue weighted by molar-refractivity contribution is 8.00. The largest absolute Gasteiger partial charge is 0.427 e. The number of hydrogen-bond acceptors (Lipinski definition) is 13. The van der Waals surface area contributed by atoms with Crippen molar-refractivity contribution in [2.45, 2.75) is 39.1 Å². The number of aromatic nitrogens is 1. The zero-order valence-electron chi connectivity index (χ0n) is 21.1. The van der Waals surface area contributed by atoms with Gasteiger partial charge in [-0.05, 0) is 33.3 Å². The first-order valence-electron chi connectivity index (χ1n) is 11.2. The number of fused-ring (bicyclic) bond motifs is 1. The lowest BCUT2D eigenvalue weighted by atomic mass is 9.98. The number of ether oxygens (including phenoxy) is 3. The molecule has 0 saturated carbocycles. The summed E-state index contributed by atoms with van der Waals surface area (Å²) in [5, 5.41) is 7.70. The molecule has 1 aromatic rings. The maximum Gasteiger partial charge on any atom is 0.358 e. The van der Waals surface area contributed by atoms with Crippen molar-refractivity contribution in [3.05, 3.63) is 22.3 Å². The molecule has 1 saturated heterocycles. The number of esters is 2. The molecule has 0 spiro atoms. The fraction of sp³-hybridized carbons (Fsp3) is 0.545. The van der Waals surface area contributed by atoms with E-state index in [2.05, 4.69) is 15.5 Å². The van der Waals surface area contributed by atoms with Crippen LogP contribution in [0.5, 0.6) is 0 Å². The average Bonchev–Trinajstić information content (AvgIpc) is 3.27. The van der Waals surface area contributed by atoms with Gasteiger partial charge in [0.2, 0.25) is 6.79 Å². The molecule has 0 radical (unpaired) electrons. The van der Waals surface area contributed by atoms with Crippen molar-refractivity contribution in [1.82, 2.24) is 15.2 Å². The fourth-order valence-electron chi connectivity index (χ4n) is 3.32. The lowest BCUT2D eigenvalue weighted by Gasteiger charge is -2.49. The Morgan fingerprint density at radius 3 is 2.62 bits per heavy atom. The number of rotatable bonds is 10. The maximum atomic E-state index is 13.1. The number of nitrogens with two attached hydrogens (primary N) is 1. The van der Waals surface area contributed by atoms with Crippen LogP contribution in [-0.2, 0) is 38.2 Å². The summed E-state index contributed by atoms with van der Waals surface area (Å²) in [6.45, 7) is 6.40. The van der Waals surface area contributed by atoms with E-state index in [4.69, 9.17) is 24.8 Å². The molecule has 1 unspecified atom stereocenters. The van der Waals surface area contributed by atoms with Gasteiger partial charge in [-0.15, -0.1) is 23.1 Å². The van der Waals surface area contributed by atoms with Gasteiger partial charge < -0.3 is 30.1 Å². The molecule has 37 heavy (non-hydrogen) atoms. The first-order valence-corrected chi connectivity index (χ1v) is 13.1. The third-order valence-electron chi connectivity index (χ3n) is 5.10. The molecule has 1 aromatic heterocycles. The molecule has 202 valence electrons. The van der Waals surface area contributed by atoms with Crippen LogP contribution in [0.3, 0.4) is 0 Å². The number of β-lactam (4-membered cyclic amide) rings is 1. The molecule has 3 rings (SSSR count). The number of anilines is 1. The minimum atomic E-state index is -0.939. The van der Waals surface area contributed by atoms with Crippen LogP contribution >= 0.6 is 23.1 Å².